The molecule has 2 rings (SSSR count). The Bertz CT molecular complexity index is 524. The maximum absolute atomic E-state index is 13.0. The van der Waals surface area contributed by atoms with E-state index in [2.05, 4.69) is 5.10 Å². The molecule has 4 nitrogen and oxygen atoms in total. The highest BCUT2D eigenvalue weighted by Gasteiger charge is 2.09. The van der Waals surface area contributed by atoms with Crippen LogP contribution in [0.15, 0.2) is 24.4 Å². The monoisotopic (exact) mass is 240 g/mol. The number of nitrogens with zero attached hydrogens (tertiary/aromatic N) is 2. The van der Waals surface area contributed by atoms with E-state index < -0.39 is 5.82 Å². The average Bonchev–Trinajstić information content (AvgIpc) is 2.64. The summed E-state index contributed by atoms with van der Waals surface area (Å²) in [7, 11) is 0. The topological polar surface area (TPSA) is 69.9 Å². The highest BCUT2D eigenvalue weighted by atomic mass is 35.5. The Morgan fingerprint density at radius 3 is 2.75 bits per heavy atom. The number of rotatable bonds is 2. The zero-order valence-electron chi connectivity index (χ0n) is 8.32. The number of anilines is 1. The summed E-state index contributed by atoms with van der Waals surface area (Å²) < 4.78 is 14.4. The number of hydrogen-bond acceptors (Lipinski definition) is 3. The van der Waals surface area contributed by atoms with Gasteiger partial charge in [-0.15, -0.1) is 0 Å². The van der Waals surface area contributed by atoms with Crippen molar-refractivity contribution in [3.8, 4) is 5.69 Å². The maximum atomic E-state index is 13.0. The second-order valence-electron chi connectivity index (χ2n) is 3.27. The van der Waals surface area contributed by atoms with Crippen LogP contribution in [-0.4, -0.2) is 9.78 Å². The second kappa shape index (κ2) is 4.11. The summed E-state index contributed by atoms with van der Waals surface area (Å²) in [5.74, 6) is -0.0413. The quantitative estimate of drug-likeness (QED) is 0.840. The third kappa shape index (κ3) is 1.75. The fourth-order valence-corrected chi connectivity index (χ4v) is 1.55. The molecular formula is C10H10ClFN4. The van der Waals surface area contributed by atoms with Gasteiger partial charge in [0.25, 0.3) is 0 Å². The van der Waals surface area contributed by atoms with Crippen LogP contribution in [0.5, 0.6) is 0 Å². The first-order valence-corrected chi connectivity index (χ1v) is 4.99. The molecule has 1 heterocycles. The predicted octanol–water partition coefficient (Wildman–Crippen LogP) is 1.71. The molecule has 0 bridgehead atoms. The van der Waals surface area contributed by atoms with E-state index in [-0.39, 0.29) is 5.02 Å². The van der Waals surface area contributed by atoms with Gasteiger partial charge in [-0.3, -0.25) is 0 Å². The van der Waals surface area contributed by atoms with Gasteiger partial charge >= 0.3 is 0 Å². The fraction of sp³-hybridized carbons (Fsp3) is 0.100. The van der Waals surface area contributed by atoms with E-state index in [4.69, 9.17) is 23.1 Å². The van der Waals surface area contributed by atoms with Crippen molar-refractivity contribution in [1.29, 1.82) is 0 Å². The van der Waals surface area contributed by atoms with Crippen LogP contribution in [0.4, 0.5) is 10.2 Å². The van der Waals surface area contributed by atoms with E-state index in [0.717, 1.165) is 5.56 Å². The Hall–Kier alpha value is -1.59. The molecule has 0 aliphatic carbocycles. The normalized spacial score (nSPS) is 10.7. The van der Waals surface area contributed by atoms with Gasteiger partial charge in [-0.25, -0.2) is 9.07 Å². The molecule has 0 aliphatic rings. The standard InChI is InChI=1S/C10H10ClFN4/c11-8-3-7(1-2-9(8)12)16-10(14)6(4-13)5-15-16/h1-3,5H,4,13-14H2. The van der Waals surface area contributed by atoms with E-state index in [1.165, 1.54) is 16.8 Å². The Labute approximate surface area is 96.6 Å². The molecule has 0 radical (unpaired) electrons. The van der Waals surface area contributed by atoms with E-state index >= 15 is 0 Å². The predicted molar refractivity (Wildman–Crippen MR) is 60.8 cm³/mol. The number of nitrogen functional groups attached to an aromatic ring is 1. The zero-order chi connectivity index (χ0) is 11.7. The molecule has 0 unspecified atom stereocenters. The summed E-state index contributed by atoms with van der Waals surface area (Å²) in [6, 6.07) is 4.27. The Kier molecular flexibility index (Phi) is 2.80. The van der Waals surface area contributed by atoms with Crippen molar-refractivity contribution in [3.05, 3.63) is 40.8 Å². The molecule has 0 spiro atoms. The lowest BCUT2D eigenvalue weighted by atomic mass is 10.3. The third-order valence-corrected chi connectivity index (χ3v) is 2.54. The molecular weight excluding hydrogens is 231 g/mol. The minimum Gasteiger partial charge on any atom is -0.383 e. The number of benzene rings is 1. The van der Waals surface area contributed by atoms with Gasteiger partial charge in [0.05, 0.1) is 16.9 Å². The number of hydrogen-bond donors (Lipinski definition) is 2. The van der Waals surface area contributed by atoms with Crippen molar-refractivity contribution >= 4 is 17.4 Å². The van der Waals surface area contributed by atoms with Gasteiger partial charge in [-0.05, 0) is 18.2 Å². The summed E-state index contributed by atoms with van der Waals surface area (Å²) in [4.78, 5) is 0. The molecule has 0 saturated carbocycles. The zero-order valence-corrected chi connectivity index (χ0v) is 9.08. The number of halogens is 2. The van der Waals surface area contributed by atoms with Crippen LogP contribution < -0.4 is 11.5 Å². The first kappa shape index (κ1) is 10.9. The van der Waals surface area contributed by atoms with E-state index in [9.17, 15) is 4.39 Å². The molecule has 1 aromatic carbocycles. The van der Waals surface area contributed by atoms with Crippen LogP contribution in [0.25, 0.3) is 5.69 Å². The maximum Gasteiger partial charge on any atom is 0.141 e. The largest absolute Gasteiger partial charge is 0.383 e. The van der Waals surface area contributed by atoms with Crippen LogP contribution in [0.1, 0.15) is 5.56 Å². The highest BCUT2D eigenvalue weighted by Crippen LogP contribution is 2.21. The molecule has 0 amide bonds. The van der Waals surface area contributed by atoms with Crippen molar-refractivity contribution in [3.63, 3.8) is 0 Å². The van der Waals surface area contributed by atoms with Gasteiger partial charge in [0.2, 0.25) is 0 Å². The van der Waals surface area contributed by atoms with Crippen molar-refractivity contribution < 1.29 is 4.39 Å². The molecule has 4 N–H and O–H groups in total. The SMILES string of the molecule is NCc1cnn(-c2ccc(F)c(Cl)c2)c1N. The molecule has 84 valence electrons. The van der Waals surface area contributed by atoms with Crippen LogP contribution in [0, 0.1) is 5.82 Å². The first-order chi connectivity index (χ1) is 7.63. The Morgan fingerprint density at radius 2 is 2.19 bits per heavy atom. The second-order valence-corrected chi connectivity index (χ2v) is 3.68. The number of aromatic nitrogens is 2. The fourth-order valence-electron chi connectivity index (χ4n) is 1.37. The van der Waals surface area contributed by atoms with Gasteiger partial charge in [0, 0.05) is 12.1 Å². The van der Waals surface area contributed by atoms with Crippen molar-refractivity contribution in [2.24, 2.45) is 5.73 Å². The lowest BCUT2D eigenvalue weighted by Crippen LogP contribution is -2.05. The Morgan fingerprint density at radius 1 is 1.44 bits per heavy atom. The van der Waals surface area contributed by atoms with Crippen LogP contribution >= 0.6 is 11.6 Å². The van der Waals surface area contributed by atoms with E-state index in [1.54, 1.807) is 12.3 Å². The van der Waals surface area contributed by atoms with Crippen LogP contribution in [0.3, 0.4) is 0 Å². The van der Waals surface area contributed by atoms with Crippen molar-refractivity contribution in [2.75, 3.05) is 5.73 Å². The lowest BCUT2D eigenvalue weighted by molar-refractivity contribution is 0.627. The highest BCUT2D eigenvalue weighted by molar-refractivity contribution is 6.30. The summed E-state index contributed by atoms with van der Waals surface area (Å²) in [5, 5.41) is 4.09. The summed E-state index contributed by atoms with van der Waals surface area (Å²) in [6.45, 7) is 0.306. The first-order valence-electron chi connectivity index (χ1n) is 4.61. The molecule has 1 aromatic heterocycles. The molecule has 16 heavy (non-hydrogen) atoms. The summed E-state index contributed by atoms with van der Waals surface area (Å²) in [6.07, 6.45) is 1.58. The van der Waals surface area contributed by atoms with Crippen molar-refractivity contribution in [2.45, 2.75) is 6.54 Å². The molecule has 0 atom stereocenters. The van der Waals surface area contributed by atoms with Crippen LogP contribution in [-0.2, 0) is 6.54 Å². The smallest absolute Gasteiger partial charge is 0.141 e. The van der Waals surface area contributed by atoms with Gasteiger partial charge in [-0.1, -0.05) is 11.6 Å². The minimum absolute atomic E-state index is 0.0294. The van der Waals surface area contributed by atoms with Crippen LogP contribution in [0.2, 0.25) is 5.02 Å². The minimum atomic E-state index is -0.477. The van der Waals surface area contributed by atoms with E-state index in [0.29, 0.717) is 18.1 Å². The third-order valence-electron chi connectivity index (χ3n) is 2.25. The van der Waals surface area contributed by atoms with Gasteiger partial charge in [0.15, 0.2) is 0 Å². The van der Waals surface area contributed by atoms with Gasteiger partial charge < -0.3 is 11.5 Å². The summed E-state index contributed by atoms with van der Waals surface area (Å²) >= 11 is 5.68. The molecule has 0 fully saturated rings. The molecule has 6 heteroatoms. The average molecular weight is 241 g/mol. The number of nitrogens with two attached hydrogens (primary N) is 2. The van der Waals surface area contributed by atoms with Gasteiger partial charge in [-0.2, -0.15) is 5.10 Å². The van der Waals surface area contributed by atoms with E-state index in [1.807, 2.05) is 0 Å². The molecule has 2 aromatic rings. The lowest BCUT2D eigenvalue weighted by Gasteiger charge is -2.05. The Balaban J connectivity index is 2.50. The van der Waals surface area contributed by atoms with Crippen molar-refractivity contribution in [1.82, 2.24) is 9.78 Å². The molecule has 0 saturated heterocycles. The molecule has 0 aliphatic heterocycles. The van der Waals surface area contributed by atoms with Gasteiger partial charge in [0.1, 0.15) is 11.6 Å². The summed E-state index contributed by atoms with van der Waals surface area (Å²) in [5.41, 5.74) is 12.6.